The van der Waals surface area contributed by atoms with E-state index in [4.69, 9.17) is 4.74 Å². The number of amidine groups is 1. The maximum Gasteiger partial charge on any atom is 0.329 e. The van der Waals surface area contributed by atoms with Crippen molar-refractivity contribution in [2.24, 2.45) is 4.99 Å². The Labute approximate surface area is 83.3 Å². The van der Waals surface area contributed by atoms with Crippen LogP contribution in [0, 0.1) is 0 Å². The molecule has 4 nitrogen and oxygen atoms in total. The van der Waals surface area contributed by atoms with Crippen molar-refractivity contribution in [3.63, 3.8) is 0 Å². The molecule has 0 spiro atoms. The first-order valence-electron chi connectivity index (χ1n) is 4.90. The van der Waals surface area contributed by atoms with Gasteiger partial charge < -0.3 is 9.64 Å². The van der Waals surface area contributed by atoms with Crippen molar-refractivity contribution in [2.45, 2.75) is 18.9 Å². The van der Waals surface area contributed by atoms with Gasteiger partial charge in [0.05, 0.1) is 6.54 Å². The summed E-state index contributed by atoms with van der Waals surface area (Å²) >= 11 is 0. The third-order valence-electron chi connectivity index (χ3n) is 2.50. The number of carbonyl (C=O) groups is 1. The molecule has 0 radical (unpaired) electrons. The minimum atomic E-state index is -0.142. The fourth-order valence-electron chi connectivity index (χ4n) is 1.77. The summed E-state index contributed by atoms with van der Waals surface area (Å²) in [6.45, 7) is 5.55. The van der Waals surface area contributed by atoms with E-state index in [0.29, 0.717) is 6.61 Å². The van der Waals surface area contributed by atoms with Gasteiger partial charge in [-0.15, -0.1) is 0 Å². The first kappa shape index (κ1) is 9.24. The third-order valence-corrected chi connectivity index (χ3v) is 2.50. The van der Waals surface area contributed by atoms with Crippen LogP contribution in [0.5, 0.6) is 0 Å². The van der Waals surface area contributed by atoms with Crippen LogP contribution in [0.3, 0.4) is 0 Å². The van der Waals surface area contributed by atoms with Gasteiger partial charge in [0.1, 0.15) is 18.5 Å². The van der Waals surface area contributed by atoms with E-state index < -0.39 is 0 Å². The third kappa shape index (κ3) is 1.78. The molecule has 0 aliphatic carbocycles. The molecule has 2 aliphatic heterocycles. The lowest BCUT2D eigenvalue weighted by atomic mass is 10.2. The molecule has 0 amide bonds. The van der Waals surface area contributed by atoms with E-state index in [9.17, 15) is 4.79 Å². The predicted molar refractivity (Wildman–Crippen MR) is 53.2 cm³/mol. The van der Waals surface area contributed by atoms with Crippen LogP contribution in [-0.4, -0.2) is 42.4 Å². The van der Waals surface area contributed by atoms with Gasteiger partial charge in [-0.05, 0) is 12.8 Å². The summed E-state index contributed by atoms with van der Waals surface area (Å²) in [5.74, 6) is 0.917. The Morgan fingerprint density at radius 2 is 2.57 bits per heavy atom. The van der Waals surface area contributed by atoms with Crippen molar-refractivity contribution in [3.8, 4) is 0 Å². The molecule has 0 aromatic heterocycles. The fraction of sp³-hybridized carbons (Fsp3) is 0.600. The van der Waals surface area contributed by atoms with Gasteiger partial charge in [0.25, 0.3) is 0 Å². The van der Waals surface area contributed by atoms with Crippen LogP contribution in [0.4, 0.5) is 0 Å². The van der Waals surface area contributed by atoms with Gasteiger partial charge in [-0.3, -0.25) is 4.99 Å². The molecular formula is C10H14N2O2. The number of hydrogen-bond acceptors (Lipinski definition) is 4. The monoisotopic (exact) mass is 194 g/mol. The number of ether oxygens (including phenoxy) is 1. The second-order valence-electron chi connectivity index (χ2n) is 3.50. The highest BCUT2D eigenvalue weighted by Crippen LogP contribution is 2.22. The van der Waals surface area contributed by atoms with Crippen LogP contribution in [0.15, 0.2) is 17.6 Å². The van der Waals surface area contributed by atoms with Gasteiger partial charge in [0.2, 0.25) is 0 Å². The van der Waals surface area contributed by atoms with E-state index in [2.05, 4.69) is 16.5 Å². The van der Waals surface area contributed by atoms with Crippen molar-refractivity contribution in [1.82, 2.24) is 4.90 Å². The van der Waals surface area contributed by atoms with Crippen molar-refractivity contribution in [3.05, 3.63) is 12.7 Å². The minimum absolute atomic E-state index is 0.101. The molecule has 0 aromatic rings. The van der Waals surface area contributed by atoms with Gasteiger partial charge in [-0.1, -0.05) is 12.7 Å². The average Bonchev–Trinajstić information content (AvgIpc) is 2.93. The van der Waals surface area contributed by atoms with Gasteiger partial charge in [-0.2, -0.15) is 0 Å². The topological polar surface area (TPSA) is 41.9 Å². The number of esters is 1. The zero-order valence-corrected chi connectivity index (χ0v) is 8.11. The Hall–Kier alpha value is -1.32. The average molecular weight is 194 g/mol. The lowest BCUT2D eigenvalue weighted by molar-refractivity contribution is -0.146. The minimum Gasteiger partial charge on any atom is -0.460 e. The summed E-state index contributed by atoms with van der Waals surface area (Å²) in [6, 6.07) is -0.101. The molecule has 0 unspecified atom stereocenters. The number of hydrogen-bond donors (Lipinski definition) is 0. The maximum atomic E-state index is 11.6. The second kappa shape index (κ2) is 3.82. The Kier molecular flexibility index (Phi) is 2.52. The molecular weight excluding hydrogens is 180 g/mol. The van der Waals surface area contributed by atoms with Crippen LogP contribution in [0.25, 0.3) is 0 Å². The van der Waals surface area contributed by atoms with E-state index in [1.54, 1.807) is 6.08 Å². The molecule has 4 heteroatoms. The van der Waals surface area contributed by atoms with Crippen LogP contribution in [-0.2, 0) is 9.53 Å². The van der Waals surface area contributed by atoms with E-state index in [1.807, 2.05) is 0 Å². The van der Waals surface area contributed by atoms with E-state index in [1.165, 1.54) is 0 Å². The normalized spacial score (nSPS) is 24.4. The highest BCUT2D eigenvalue weighted by molar-refractivity contribution is 5.97. The van der Waals surface area contributed by atoms with E-state index >= 15 is 0 Å². The van der Waals surface area contributed by atoms with Crippen LogP contribution in [0.2, 0.25) is 0 Å². The van der Waals surface area contributed by atoms with Crippen LogP contribution < -0.4 is 0 Å². The molecule has 0 bridgehead atoms. The molecule has 2 rings (SSSR count). The largest absolute Gasteiger partial charge is 0.460 e. The summed E-state index contributed by atoms with van der Waals surface area (Å²) in [5.41, 5.74) is 0. The summed E-state index contributed by atoms with van der Waals surface area (Å²) in [4.78, 5) is 17.8. The quantitative estimate of drug-likeness (QED) is 0.488. The van der Waals surface area contributed by atoms with E-state index in [-0.39, 0.29) is 12.0 Å². The van der Waals surface area contributed by atoms with Gasteiger partial charge in [0.15, 0.2) is 0 Å². The summed E-state index contributed by atoms with van der Waals surface area (Å²) in [5, 5.41) is 0. The van der Waals surface area contributed by atoms with Gasteiger partial charge >= 0.3 is 5.97 Å². The zero-order valence-electron chi connectivity index (χ0n) is 8.11. The maximum absolute atomic E-state index is 11.6. The summed E-state index contributed by atoms with van der Waals surface area (Å²) < 4.78 is 5.03. The number of nitrogens with zero attached hydrogens (tertiary/aromatic N) is 2. The molecule has 14 heavy (non-hydrogen) atoms. The molecule has 1 atom stereocenters. The standard InChI is InChI=1S/C10H14N2O2/c1-2-6-14-10(13)8-4-3-5-12(8)9-7-11-9/h2,8H,1,3-7H2/t8-/m1/s1. The number of aliphatic imine (C=N–C) groups is 1. The molecule has 0 N–H and O–H groups in total. The Balaban J connectivity index is 1.91. The molecule has 1 saturated heterocycles. The molecule has 2 aliphatic rings. The van der Waals surface area contributed by atoms with Gasteiger partial charge in [-0.25, -0.2) is 4.79 Å². The smallest absolute Gasteiger partial charge is 0.329 e. The first-order chi connectivity index (χ1) is 6.83. The van der Waals surface area contributed by atoms with Crippen LogP contribution >= 0.6 is 0 Å². The predicted octanol–water partition coefficient (Wildman–Crippen LogP) is 0.592. The first-order valence-corrected chi connectivity index (χ1v) is 4.90. The number of rotatable bonds is 3. The number of likely N-dealkylation sites (tertiary alicyclic amines) is 1. The molecule has 0 aromatic carbocycles. The lowest BCUT2D eigenvalue weighted by Crippen LogP contribution is -2.38. The van der Waals surface area contributed by atoms with Crippen molar-refractivity contribution in [1.29, 1.82) is 0 Å². The van der Waals surface area contributed by atoms with Crippen LogP contribution in [0.1, 0.15) is 12.8 Å². The zero-order chi connectivity index (χ0) is 9.97. The Morgan fingerprint density at radius 3 is 3.21 bits per heavy atom. The SMILES string of the molecule is C=CCOC(=O)[C@H]1CCCN1C1=NC1. The Bertz CT molecular complexity index is 286. The molecule has 1 fully saturated rings. The summed E-state index contributed by atoms with van der Waals surface area (Å²) in [7, 11) is 0. The van der Waals surface area contributed by atoms with Crippen molar-refractivity contribution >= 4 is 11.8 Å². The highest BCUT2D eigenvalue weighted by atomic mass is 16.5. The summed E-state index contributed by atoms with van der Waals surface area (Å²) in [6.07, 6.45) is 3.52. The Morgan fingerprint density at radius 1 is 1.79 bits per heavy atom. The van der Waals surface area contributed by atoms with E-state index in [0.717, 1.165) is 31.8 Å². The molecule has 2 heterocycles. The molecule has 0 saturated carbocycles. The van der Waals surface area contributed by atoms with Gasteiger partial charge in [0, 0.05) is 6.54 Å². The number of carbonyl (C=O) groups excluding carboxylic acids is 1. The lowest BCUT2D eigenvalue weighted by Gasteiger charge is -2.20. The van der Waals surface area contributed by atoms with Crippen molar-refractivity contribution in [2.75, 3.05) is 19.7 Å². The fourth-order valence-corrected chi connectivity index (χ4v) is 1.77. The molecule has 76 valence electrons. The highest BCUT2D eigenvalue weighted by Gasteiger charge is 2.36. The van der Waals surface area contributed by atoms with Crippen molar-refractivity contribution < 1.29 is 9.53 Å². The second-order valence-corrected chi connectivity index (χ2v) is 3.50.